The summed E-state index contributed by atoms with van der Waals surface area (Å²) in [5.41, 5.74) is 3.11. The Kier molecular flexibility index (Phi) is 10.3. The van der Waals surface area contributed by atoms with Crippen LogP contribution in [0.3, 0.4) is 0 Å². The predicted molar refractivity (Wildman–Crippen MR) is 166 cm³/mol. The summed E-state index contributed by atoms with van der Waals surface area (Å²) in [4.78, 5) is 29.1. The van der Waals surface area contributed by atoms with Crippen molar-refractivity contribution in [3.63, 3.8) is 0 Å². The maximum Gasteiger partial charge on any atom is 0.264 e. The molecular formula is C34H36FN3O4S. The fourth-order valence-corrected chi connectivity index (χ4v) is 6.15. The fraction of sp³-hybridized carbons (Fsp3) is 0.235. The Bertz CT molecular complexity index is 1640. The first-order chi connectivity index (χ1) is 20.6. The number of carbonyl (C=O) groups is 2. The molecule has 43 heavy (non-hydrogen) atoms. The Labute approximate surface area is 253 Å². The minimum atomic E-state index is -4.20. The van der Waals surface area contributed by atoms with Gasteiger partial charge in [0.05, 0.1) is 10.6 Å². The molecule has 7 nitrogen and oxygen atoms in total. The average Bonchev–Trinajstić information content (AvgIpc) is 3.00. The predicted octanol–water partition coefficient (Wildman–Crippen LogP) is 5.41. The van der Waals surface area contributed by atoms with Crippen molar-refractivity contribution in [2.45, 2.75) is 44.7 Å². The third kappa shape index (κ3) is 7.87. The van der Waals surface area contributed by atoms with Gasteiger partial charge in [-0.2, -0.15) is 0 Å². The number of carbonyl (C=O) groups excluding carboxylic acids is 2. The highest BCUT2D eigenvalue weighted by Gasteiger charge is 2.34. The van der Waals surface area contributed by atoms with E-state index in [1.54, 1.807) is 61.5 Å². The van der Waals surface area contributed by atoms with Crippen molar-refractivity contribution in [3.8, 4) is 0 Å². The van der Waals surface area contributed by atoms with Crippen LogP contribution in [-0.2, 0) is 32.6 Å². The zero-order valence-corrected chi connectivity index (χ0v) is 25.4. The molecule has 224 valence electrons. The smallest absolute Gasteiger partial charge is 0.264 e. The molecule has 0 saturated heterocycles. The van der Waals surface area contributed by atoms with Gasteiger partial charge in [-0.1, -0.05) is 83.9 Å². The van der Waals surface area contributed by atoms with Crippen molar-refractivity contribution in [2.24, 2.45) is 0 Å². The van der Waals surface area contributed by atoms with Crippen LogP contribution >= 0.6 is 0 Å². The van der Waals surface area contributed by atoms with Crippen LogP contribution in [0.2, 0.25) is 0 Å². The van der Waals surface area contributed by atoms with Crippen LogP contribution in [-0.4, -0.2) is 44.3 Å². The molecule has 9 heteroatoms. The van der Waals surface area contributed by atoms with Crippen LogP contribution in [0, 0.1) is 19.7 Å². The van der Waals surface area contributed by atoms with Crippen LogP contribution in [0.1, 0.15) is 29.2 Å². The van der Waals surface area contributed by atoms with Gasteiger partial charge in [-0.05, 0) is 56.7 Å². The third-order valence-corrected chi connectivity index (χ3v) is 8.92. The number of hydrogen-bond acceptors (Lipinski definition) is 4. The topological polar surface area (TPSA) is 86.8 Å². The number of halogens is 1. The number of rotatable bonds is 12. The Morgan fingerprint density at radius 2 is 1.40 bits per heavy atom. The van der Waals surface area contributed by atoms with Crippen LogP contribution in [0.4, 0.5) is 10.1 Å². The molecule has 1 N–H and O–H groups in total. The van der Waals surface area contributed by atoms with Gasteiger partial charge in [-0.15, -0.1) is 0 Å². The minimum Gasteiger partial charge on any atom is -0.355 e. The van der Waals surface area contributed by atoms with E-state index in [0.717, 1.165) is 21.0 Å². The number of benzene rings is 4. The number of amides is 2. The summed E-state index contributed by atoms with van der Waals surface area (Å²) in [6, 6.07) is 27.4. The number of likely N-dealkylation sites (N-methyl/N-ethyl adjacent to an activating group) is 1. The zero-order valence-electron chi connectivity index (χ0n) is 24.5. The van der Waals surface area contributed by atoms with Crippen molar-refractivity contribution >= 4 is 27.5 Å². The maximum absolute atomic E-state index is 14.9. The van der Waals surface area contributed by atoms with E-state index in [1.807, 2.05) is 44.2 Å². The standard InChI is InChI=1S/C34H36FN3O4S/c1-4-36-34(40)32(22-27-10-6-5-7-11-27)37(23-28-12-8-9-13-31(28)35)33(39)24-38(29-18-14-25(2)15-19-29)43(41,42)30-20-16-26(3)17-21-30/h5-21,32H,4,22-24H2,1-3H3,(H,36,40)/t32-/m0/s1. The SMILES string of the molecule is CCNC(=O)[C@H](Cc1ccccc1)N(Cc1ccccc1F)C(=O)CN(c1ccc(C)cc1)S(=O)(=O)c1ccc(C)cc1. The van der Waals surface area contributed by atoms with E-state index >= 15 is 0 Å². The number of nitrogens with zero attached hydrogens (tertiary/aromatic N) is 2. The van der Waals surface area contributed by atoms with Gasteiger partial charge in [-0.3, -0.25) is 13.9 Å². The van der Waals surface area contributed by atoms with Gasteiger partial charge < -0.3 is 10.2 Å². The van der Waals surface area contributed by atoms with E-state index in [1.165, 1.54) is 23.1 Å². The summed E-state index contributed by atoms with van der Waals surface area (Å²) in [5, 5.41) is 2.80. The molecule has 4 aromatic carbocycles. The van der Waals surface area contributed by atoms with E-state index in [4.69, 9.17) is 0 Å². The summed E-state index contributed by atoms with van der Waals surface area (Å²) < 4.78 is 44.0. The molecule has 0 bridgehead atoms. The second-order valence-corrected chi connectivity index (χ2v) is 12.2. The summed E-state index contributed by atoms with van der Waals surface area (Å²) in [5.74, 6) is -1.59. The number of anilines is 1. The minimum absolute atomic E-state index is 0.0247. The first-order valence-electron chi connectivity index (χ1n) is 14.1. The lowest BCUT2D eigenvalue weighted by Crippen LogP contribution is -2.53. The van der Waals surface area contributed by atoms with Crippen molar-refractivity contribution in [1.29, 1.82) is 0 Å². The maximum atomic E-state index is 14.9. The quantitative estimate of drug-likeness (QED) is 0.235. The molecule has 0 aliphatic carbocycles. The number of hydrogen-bond donors (Lipinski definition) is 1. The van der Waals surface area contributed by atoms with Crippen LogP contribution in [0.5, 0.6) is 0 Å². The normalized spacial score (nSPS) is 11.9. The van der Waals surface area contributed by atoms with E-state index in [0.29, 0.717) is 12.2 Å². The van der Waals surface area contributed by atoms with Crippen molar-refractivity contribution in [3.05, 3.63) is 131 Å². The first-order valence-corrected chi connectivity index (χ1v) is 15.5. The highest BCUT2D eigenvalue weighted by Crippen LogP contribution is 2.26. The van der Waals surface area contributed by atoms with Crippen LogP contribution in [0.25, 0.3) is 0 Å². The number of aryl methyl sites for hydroxylation is 2. The van der Waals surface area contributed by atoms with Gasteiger partial charge >= 0.3 is 0 Å². The van der Waals surface area contributed by atoms with Gasteiger partial charge in [-0.25, -0.2) is 12.8 Å². The molecule has 0 aliphatic heterocycles. The molecule has 0 unspecified atom stereocenters. The summed E-state index contributed by atoms with van der Waals surface area (Å²) in [6.45, 7) is 5.00. The molecule has 2 amide bonds. The van der Waals surface area contributed by atoms with Crippen molar-refractivity contribution < 1.29 is 22.4 Å². The molecule has 4 aromatic rings. The molecule has 0 saturated carbocycles. The van der Waals surface area contributed by atoms with E-state index < -0.39 is 40.2 Å². The molecule has 0 aliphatic rings. The first kappa shape index (κ1) is 31.4. The molecule has 1 atom stereocenters. The molecule has 4 rings (SSSR count). The average molecular weight is 602 g/mol. The number of nitrogens with one attached hydrogen (secondary N) is 1. The lowest BCUT2D eigenvalue weighted by atomic mass is 10.0. The Hall–Kier alpha value is -4.50. The molecule has 0 heterocycles. The lowest BCUT2D eigenvalue weighted by Gasteiger charge is -2.34. The van der Waals surface area contributed by atoms with Gasteiger partial charge in [0.2, 0.25) is 11.8 Å². The Balaban J connectivity index is 1.80. The van der Waals surface area contributed by atoms with E-state index in [2.05, 4.69) is 5.32 Å². The largest absolute Gasteiger partial charge is 0.355 e. The van der Waals surface area contributed by atoms with E-state index in [9.17, 15) is 22.4 Å². The molecule has 0 aromatic heterocycles. The molecular weight excluding hydrogens is 565 g/mol. The molecule has 0 spiro atoms. The third-order valence-electron chi connectivity index (χ3n) is 7.13. The monoisotopic (exact) mass is 601 g/mol. The fourth-order valence-electron chi connectivity index (χ4n) is 4.73. The van der Waals surface area contributed by atoms with Gasteiger partial charge in [0.15, 0.2) is 0 Å². The summed E-state index contributed by atoms with van der Waals surface area (Å²) in [6.07, 6.45) is 0.155. The highest BCUT2D eigenvalue weighted by molar-refractivity contribution is 7.92. The van der Waals surface area contributed by atoms with Crippen LogP contribution < -0.4 is 9.62 Å². The Morgan fingerprint density at radius 1 is 0.814 bits per heavy atom. The molecule has 0 fully saturated rings. The Morgan fingerprint density at radius 3 is 2.00 bits per heavy atom. The molecule has 0 radical (unpaired) electrons. The summed E-state index contributed by atoms with van der Waals surface area (Å²) in [7, 11) is -4.20. The van der Waals surface area contributed by atoms with Crippen molar-refractivity contribution in [2.75, 3.05) is 17.4 Å². The van der Waals surface area contributed by atoms with Gasteiger partial charge in [0, 0.05) is 25.1 Å². The van der Waals surface area contributed by atoms with Gasteiger partial charge in [0.1, 0.15) is 18.4 Å². The zero-order chi connectivity index (χ0) is 31.0. The van der Waals surface area contributed by atoms with E-state index in [-0.39, 0.29) is 23.4 Å². The second-order valence-electron chi connectivity index (χ2n) is 10.4. The van der Waals surface area contributed by atoms with Crippen molar-refractivity contribution in [1.82, 2.24) is 10.2 Å². The van der Waals surface area contributed by atoms with Crippen LogP contribution in [0.15, 0.2) is 108 Å². The van der Waals surface area contributed by atoms with Gasteiger partial charge in [0.25, 0.3) is 10.0 Å². The second kappa shape index (κ2) is 14.1. The highest BCUT2D eigenvalue weighted by atomic mass is 32.2. The summed E-state index contributed by atoms with van der Waals surface area (Å²) >= 11 is 0. The number of sulfonamides is 1. The lowest BCUT2D eigenvalue weighted by molar-refractivity contribution is -0.140.